The molecule has 2 aromatic carbocycles. The lowest BCUT2D eigenvalue weighted by Crippen LogP contribution is -2.13. The molecule has 0 aliphatic heterocycles. The smallest absolute Gasteiger partial charge is 0.332 e. The van der Waals surface area contributed by atoms with Gasteiger partial charge in [-0.05, 0) is 55.3 Å². The summed E-state index contributed by atoms with van der Waals surface area (Å²) >= 11 is 5.95. The van der Waals surface area contributed by atoms with E-state index in [0.717, 1.165) is 18.2 Å². The lowest BCUT2D eigenvalue weighted by molar-refractivity contribution is 0.102. The van der Waals surface area contributed by atoms with Gasteiger partial charge in [0.2, 0.25) is 5.95 Å². The number of aromatic nitrogens is 2. The molecule has 1 heterocycles. The second kappa shape index (κ2) is 9.88. The minimum absolute atomic E-state index is 0.0135. The third-order valence-electron chi connectivity index (χ3n) is 4.50. The Kier molecular flexibility index (Phi) is 7.19. The van der Waals surface area contributed by atoms with Crippen molar-refractivity contribution in [1.29, 1.82) is 0 Å². The van der Waals surface area contributed by atoms with Gasteiger partial charge in [-0.25, -0.2) is 0 Å². The van der Waals surface area contributed by atoms with Gasteiger partial charge < -0.3 is 27.3 Å². The molecule has 0 saturated carbocycles. The average molecular weight is 495 g/mol. The third-order valence-corrected chi connectivity index (χ3v) is 5.65. The Morgan fingerprint density at radius 2 is 1.70 bits per heavy atom. The van der Waals surface area contributed by atoms with Gasteiger partial charge in [0.15, 0.2) is 0 Å². The molecule has 174 valence electrons. The molecule has 0 unspecified atom stereocenters. The number of carbonyl (C=O) groups is 1. The van der Waals surface area contributed by atoms with E-state index in [2.05, 4.69) is 15.3 Å². The minimum atomic E-state index is -4.97. The van der Waals surface area contributed by atoms with E-state index in [0.29, 0.717) is 36.4 Å². The molecule has 0 aliphatic rings. The van der Waals surface area contributed by atoms with Crippen molar-refractivity contribution < 1.29 is 21.8 Å². The molecule has 1 amide bonds. The molecular weight excluding hydrogens is 475 g/mol. The maximum atomic E-state index is 13.2. The van der Waals surface area contributed by atoms with Gasteiger partial charge in [-0.15, -0.1) is 3.89 Å². The zero-order valence-electron chi connectivity index (χ0n) is 17.1. The first-order valence-corrected chi connectivity index (χ1v) is 11.3. The zero-order valence-corrected chi connectivity index (χ0v) is 18.7. The van der Waals surface area contributed by atoms with Gasteiger partial charge in [0.1, 0.15) is 17.4 Å². The molecule has 33 heavy (non-hydrogen) atoms. The Hall–Kier alpha value is -3.64. The van der Waals surface area contributed by atoms with E-state index in [1.807, 2.05) is 0 Å². The number of nitrogens with two attached hydrogens (primary N) is 3. The molecule has 0 bridgehead atoms. The number of carbonyl (C=O) groups excluding carboxylic acids is 1. The number of anilines is 4. The summed E-state index contributed by atoms with van der Waals surface area (Å²) < 4.78 is 41.0. The molecule has 13 heteroatoms. The number of halogens is 2. The largest absolute Gasteiger partial charge is 0.494 e. The summed E-state index contributed by atoms with van der Waals surface area (Å²) in [6, 6.07) is 9.42. The number of benzene rings is 2. The number of hydrogen-bond donors (Lipinski definition) is 4. The van der Waals surface area contributed by atoms with Gasteiger partial charge in [0.25, 0.3) is 5.91 Å². The van der Waals surface area contributed by atoms with Gasteiger partial charge >= 0.3 is 10.2 Å². The molecule has 7 N–H and O–H groups in total. The second-order valence-electron chi connectivity index (χ2n) is 6.84. The molecule has 0 radical (unpaired) electrons. The van der Waals surface area contributed by atoms with Crippen molar-refractivity contribution in [3.05, 3.63) is 58.6 Å². The van der Waals surface area contributed by atoms with Crippen molar-refractivity contribution >= 4 is 51.0 Å². The van der Waals surface area contributed by atoms with Crippen molar-refractivity contribution in [2.24, 2.45) is 0 Å². The molecule has 10 nitrogen and oxygen atoms in total. The number of ether oxygens (including phenoxy) is 1. The van der Waals surface area contributed by atoms with Crippen LogP contribution in [0.2, 0.25) is 5.02 Å². The van der Waals surface area contributed by atoms with E-state index in [1.54, 1.807) is 24.3 Å². The third kappa shape index (κ3) is 6.20. The van der Waals surface area contributed by atoms with Crippen LogP contribution in [0.5, 0.6) is 5.75 Å². The number of hydrogen-bond acceptors (Lipinski definition) is 9. The van der Waals surface area contributed by atoms with Crippen molar-refractivity contribution in [1.82, 2.24) is 9.97 Å². The van der Waals surface area contributed by atoms with Crippen LogP contribution in [0.15, 0.2) is 47.4 Å². The van der Waals surface area contributed by atoms with Crippen LogP contribution in [0.3, 0.4) is 0 Å². The molecule has 0 aliphatic carbocycles. The summed E-state index contributed by atoms with van der Waals surface area (Å²) in [7, 11) is -4.97. The first kappa shape index (κ1) is 24.0. The highest BCUT2D eigenvalue weighted by atomic mass is 35.5. The summed E-state index contributed by atoms with van der Waals surface area (Å²) in [5, 5.41) is 2.54. The highest BCUT2D eigenvalue weighted by molar-refractivity contribution is 7.86. The topological polar surface area (TPSA) is 176 Å². The summed E-state index contributed by atoms with van der Waals surface area (Å²) in [6.07, 6.45) is 1.09. The normalized spacial score (nSPS) is 11.2. The van der Waals surface area contributed by atoms with Crippen molar-refractivity contribution in [2.45, 2.75) is 17.7 Å². The Morgan fingerprint density at radius 3 is 2.30 bits per heavy atom. The van der Waals surface area contributed by atoms with Crippen LogP contribution in [0.4, 0.5) is 27.2 Å². The minimum Gasteiger partial charge on any atom is -0.494 e. The lowest BCUT2D eigenvalue weighted by atomic mass is 10.1. The van der Waals surface area contributed by atoms with E-state index < -0.39 is 21.0 Å². The van der Waals surface area contributed by atoms with Gasteiger partial charge in [0.05, 0.1) is 22.1 Å². The number of rotatable bonds is 8. The van der Waals surface area contributed by atoms with Gasteiger partial charge in [0, 0.05) is 11.3 Å². The maximum Gasteiger partial charge on any atom is 0.332 e. The second-order valence-corrected chi connectivity index (χ2v) is 8.60. The van der Waals surface area contributed by atoms with Gasteiger partial charge in [-0.1, -0.05) is 11.6 Å². The van der Waals surface area contributed by atoms with E-state index in [4.69, 9.17) is 33.5 Å². The van der Waals surface area contributed by atoms with Crippen molar-refractivity contribution in [3.8, 4) is 5.75 Å². The van der Waals surface area contributed by atoms with E-state index >= 15 is 0 Å². The van der Waals surface area contributed by atoms with Crippen molar-refractivity contribution in [2.75, 3.05) is 29.1 Å². The monoisotopic (exact) mass is 494 g/mol. The van der Waals surface area contributed by atoms with Crippen LogP contribution in [-0.2, 0) is 16.6 Å². The quantitative estimate of drug-likeness (QED) is 0.271. The van der Waals surface area contributed by atoms with Crippen LogP contribution < -0.4 is 27.3 Å². The summed E-state index contributed by atoms with van der Waals surface area (Å²) in [5.41, 5.74) is 17.9. The molecule has 0 spiro atoms. The Labute approximate surface area is 194 Å². The SMILES string of the molecule is Nc1nc(N)c(CCCOc2ccc(NC(=O)c3cc(S(=O)(=O)F)ccc3Cl)cc2)c(N)n1. The van der Waals surface area contributed by atoms with Crippen LogP contribution >= 0.6 is 11.6 Å². The lowest BCUT2D eigenvalue weighted by Gasteiger charge is -2.11. The Bertz CT molecular complexity index is 1270. The molecule has 0 saturated heterocycles. The van der Waals surface area contributed by atoms with E-state index in [9.17, 15) is 17.1 Å². The highest BCUT2D eigenvalue weighted by Crippen LogP contribution is 2.24. The fourth-order valence-corrected chi connectivity index (χ4v) is 3.59. The molecule has 3 aromatic rings. The fourth-order valence-electron chi connectivity index (χ4n) is 2.90. The van der Waals surface area contributed by atoms with E-state index in [1.165, 1.54) is 0 Å². The van der Waals surface area contributed by atoms with Crippen LogP contribution in [0, 0.1) is 0 Å². The van der Waals surface area contributed by atoms with Gasteiger partial charge in [-0.2, -0.15) is 18.4 Å². The predicted octanol–water partition coefficient (Wildman–Crippen LogP) is 2.80. The van der Waals surface area contributed by atoms with Crippen LogP contribution in [0.1, 0.15) is 22.3 Å². The first-order chi connectivity index (χ1) is 15.5. The highest BCUT2D eigenvalue weighted by Gasteiger charge is 2.18. The van der Waals surface area contributed by atoms with Crippen LogP contribution in [0.25, 0.3) is 0 Å². The zero-order chi connectivity index (χ0) is 24.2. The van der Waals surface area contributed by atoms with Gasteiger partial charge in [-0.3, -0.25) is 4.79 Å². The fraction of sp³-hybridized carbons (Fsp3) is 0.150. The predicted molar refractivity (Wildman–Crippen MR) is 123 cm³/mol. The molecule has 3 rings (SSSR count). The van der Waals surface area contributed by atoms with Crippen molar-refractivity contribution in [3.63, 3.8) is 0 Å². The summed E-state index contributed by atoms with van der Waals surface area (Å²) in [6.45, 7) is 0.356. The molecular formula is C20H20ClFN6O4S. The van der Waals surface area contributed by atoms with Crippen LogP contribution in [-0.4, -0.2) is 30.9 Å². The Balaban J connectivity index is 1.56. The molecule has 1 aromatic heterocycles. The summed E-state index contributed by atoms with van der Waals surface area (Å²) in [4.78, 5) is 19.5. The molecule has 0 fully saturated rings. The number of nitrogens with zero attached hydrogens (tertiary/aromatic N) is 2. The maximum absolute atomic E-state index is 13.2. The standard InChI is InChI=1S/C20H20ClFN6O4S/c21-16-8-7-13(33(22,30)31)10-15(16)19(29)26-11-3-5-12(6-4-11)32-9-1-2-14-17(23)27-20(25)28-18(14)24/h3-8,10H,1-2,9H2,(H,26,29)(H6,23,24,25,27,28). The average Bonchev–Trinajstić information content (AvgIpc) is 2.73. The first-order valence-electron chi connectivity index (χ1n) is 9.50. The summed E-state index contributed by atoms with van der Waals surface area (Å²) in [5.74, 6) is 0.329. The Morgan fingerprint density at radius 1 is 1.06 bits per heavy atom. The number of nitrogens with one attached hydrogen (secondary N) is 1. The number of amides is 1. The number of nitrogen functional groups attached to an aromatic ring is 3. The molecule has 0 atom stereocenters. The van der Waals surface area contributed by atoms with E-state index in [-0.39, 0.29) is 28.2 Å².